The van der Waals surface area contributed by atoms with E-state index in [1.54, 1.807) is 37.4 Å². The van der Waals surface area contributed by atoms with Gasteiger partial charge in [-0.05, 0) is 46.3 Å². The third-order valence-corrected chi connectivity index (χ3v) is 4.57. The molecule has 2 amide bonds. The molecular weight excluding hydrogens is 384 g/mol. The van der Waals surface area contributed by atoms with Gasteiger partial charge in [0.15, 0.2) is 0 Å². The molecule has 2 aromatic rings. The quantitative estimate of drug-likeness (QED) is 0.758. The number of halogens is 1. The Morgan fingerprint density at radius 3 is 2.52 bits per heavy atom. The minimum Gasteiger partial charge on any atom is -0.497 e. The van der Waals surface area contributed by atoms with E-state index in [-0.39, 0.29) is 18.2 Å². The fourth-order valence-corrected chi connectivity index (χ4v) is 3.14. The third-order valence-electron chi connectivity index (χ3n) is 2.95. The zero-order valence-corrected chi connectivity index (χ0v) is 14.9. The molecule has 0 aliphatic heterocycles. The predicted molar refractivity (Wildman–Crippen MR) is 90.9 cm³/mol. The second kappa shape index (κ2) is 7.98. The summed E-state index contributed by atoms with van der Waals surface area (Å²) < 4.78 is 11.2. The van der Waals surface area contributed by atoms with E-state index in [4.69, 9.17) is 9.47 Å². The number of thiophene rings is 1. The zero-order chi connectivity index (χ0) is 16.8. The van der Waals surface area contributed by atoms with Crippen LogP contribution in [0.1, 0.15) is 15.2 Å². The van der Waals surface area contributed by atoms with Crippen LogP contribution in [-0.4, -0.2) is 26.0 Å². The molecule has 0 aliphatic carbocycles. The van der Waals surface area contributed by atoms with Crippen molar-refractivity contribution in [2.45, 2.75) is 6.42 Å². The number of amides is 2. The largest absolute Gasteiger partial charge is 0.497 e. The average molecular weight is 399 g/mol. The van der Waals surface area contributed by atoms with Gasteiger partial charge in [0.05, 0.1) is 29.3 Å². The van der Waals surface area contributed by atoms with E-state index < -0.39 is 0 Å². The predicted octanol–water partition coefficient (Wildman–Crippen LogP) is 2.53. The molecule has 0 fully saturated rings. The Labute approximate surface area is 145 Å². The van der Waals surface area contributed by atoms with Crippen LogP contribution in [0.5, 0.6) is 11.5 Å². The molecule has 0 unspecified atom stereocenters. The Hall–Kier alpha value is -2.06. The van der Waals surface area contributed by atoms with Gasteiger partial charge >= 0.3 is 0 Å². The van der Waals surface area contributed by atoms with E-state index in [1.165, 1.54) is 18.4 Å². The summed E-state index contributed by atoms with van der Waals surface area (Å²) in [7, 11) is 3.07. The number of nitrogens with one attached hydrogen (secondary N) is 2. The van der Waals surface area contributed by atoms with E-state index in [0.717, 1.165) is 3.79 Å². The number of hydrogen-bond acceptors (Lipinski definition) is 5. The lowest BCUT2D eigenvalue weighted by Gasteiger charge is -2.11. The summed E-state index contributed by atoms with van der Waals surface area (Å²) in [6.45, 7) is 0. The van der Waals surface area contributed by atoms with E-state index in [1.807, 2.05) is 0 Å². The first-order chi connectivity index (χ1) is 11.0. The molecular formula is C15H15BrN2O4S. The topological polar surface area (TPSA) is 76.7 Å². The highest BCUT2D eigenvalue weighted by Gasteiger charge is 2.13. The van der Waals surface area contributed by atoms with Gasteiger partial charge in [0.2, 0.25) is 5.91 Å². The first kappa shape index (κ1) is 17.3. The van der Waals surface area contributed by atoms with Gasteiger partial charge in [0, 0.05) is 5.56 Å². The van der Waals surface area contributed by atoms with Crippen LogP contribution in [-0.2, 0) is 11.2 Å². The minimum atomic E-state index is -0.369. The second-order valence-corrected chi connectivity index (χ2v) is 6.92. The highest BCUT2D eigenvalue weighted by atomic mass is 79.9. The lowest BCUT2D eigenvalue weighted by atomic mass is 10.1. The van der Waals surface area contributed by atoms with Gasteiger partial charge in [-0.1, -0.05) is 0 Å². The molecule has 0 aliphatic rings. The molecule has 122 valence electrons. The number of benzene rings is 1. The van der Waals surface area contributed by atoms with E-state index in [0.29, 0.717) is 21.9 Å². The SMILES string of the molecule is COc1ccc(OC)c(CC(=O)NNC(=O)c2ccc(Br)s2)c1. The molecule has 0 saturated carbocycles. The van der Waals surface area contributed by atoms with Crippen LogP contribution in [0.15, 0.2) is 34.1 Å². The third kappa shape index (κ3) is 4.70. The molecule has 0 atom stereocenters. The number of methoxy groups -OCH3 is 2. The van der Waals surface area contributed by atoms with E-state index in [2.05, 4.69) is 26.8 Å². The maximum atomic E-state index is 12.0. The van der Waals surface area contributed by atoms with Gasteiger partial charge in [-0.15, -0.1) is 11.3 Å². The van der Waals surface area contributed by atoms with E-state index in [9.17, 15) is 9.59 Å². The Kier molecular flexibility index (Phi) is 6.00. The van der Waals surface area contributed by atoms with Crippen molar-refractivity contribution in [2.75, 3.05) is 14.2 Å². The monoisotopic (exact) mass is 398 g/mol. The lowest BCUT2D eigenvalue weighted by Crippen LogP contribution is -2.42. The van der Waals surface area contributed by atoms with Crippen molar-refractivity contribution in [2.24, 2.45) is 0 Å². The average Bonchev–Trinajstić information content (AvgIpc) is 2.99. The highest BCUT2D eigenvalue weighted by Crippen LogP contribution is 2.24. The summed E-state index contributed by atoms with van der Waals surface area (Å²) in [5.74, 6) is 0.475. The summed E-state index contributed by atoms with van der Waals surface area (Å²) in [6, 6.07) is 8.63. The molecule has 23 heavy (non-hydrogen) atoms. The van der Waals surface area contributed by atoms with Gasteiger partial charge in [0.25, 0.3) is 5.91 Å². The molecule has 0 saturated heterocycles. The number of hydrogen-bond donors (Lipinski definition) is 2. The summed E-state index contributed by atoms with van der Waals surface area (Å²) in [5, 5.41) is 0. The van der Waals surface area contributed by atoms with Crippen LogP contribution >= 0.6 is 27.3 Å². The molecule has 1 heterocycles. The van der Waals surface area contributed by atoms with Crippen molar-refractivity contribution in [3.63, 3.8) is 0 Å². The molecule has 1 aromatic heterocycles. The number of carbonyl (C=O) groups is 2. The van der Waals surface area contributed by atoms with Crippen LogP contribution in [0, 0.1) is 0 Å². The normalized spacial score (nSPS) is 10.0. The number of hydrazine groups is 1. The van der Waals surface area contributed by atoms with Crippen LogP contribution in [0.25, 0.3) is 0 Å². The van der Waals surface area contributed by atoms with Gasteiger partial charge in [-0.2, -0.15) is 0 Å². The molecule has 2 rings (SSSR count). The molecule has 0 radical (unpaired) electrons. The van der Waals surface area contributed by atoms with Crippen molar-refractivity contribution < 1.29 is 19.1 Å². The Bertz CT molecular complexity index is 717. The first-order valence-electron chi connectivity index (χ1n) is 6.59. The molecule has 0 bridgehead atoms. The second-order valence-electron chi connectivity index (χ2n) is 4.46. The van der Waals surface area contributed by atoms with Gasteiger partial charge < -0.3 is 9.47 Å². The van der Waals surface area contributed by atoms with Crippen LogP contribution in [0.4, 0.5) is 0 Å². The Morgan fingerprint density at radius 2 is 1.91 bits per heavy atom. The van der Waals surface area contributed by atoms with Gasteiger partial charge in [0.1, 0.15) is 11.5 Å². The number of ether oxygens (including phenoxy) is 2. The fraction of sp³-hybridized carbons (Fsp3) is 0.200. The summed E-state index contributed by atoms with van der Waals surface area (Å²) in [4.78, 5) is 24.3. The minimum absolute atomic E-state index is 0.0504. The lowest BCUT2D eigenvalue weighted by molar-refractivity contribution is -0.121. The van der Waals surface area contributed by atoms with Crippen molar-refractivity contribution in [1.29, 1.82) is 0 Å². The molecule has 8 heteroatoms. The van der Waals surface area contributed by atoms with E-state index >= 15 is 0 Å². The molecule has 6 nitrogen and oxygen atoms in total. The summed E-state index contributed by atoms with van der Waals surface area (Å²) >= 11 is 4.56. The maximum absolute atomic E-state index is 12.0. The molecule has 2 N–H and O–H groups in total. The smallest absolute Gasteiger partial charge is 0.279 e. The van der Waals surface area contributed by atoms with Crippen LogP contribution < -0.4 is 20.3 Å². The standard InChI is InChI=1S/C15H15BrN2O4S/c1-21-10-3-4-11(22-2)9(7-10)8-14(19)17-18-15(20)12-5-6-13(16)23-12/h3-7H,8H2,1-2H3,(H,17,19)(H,18,20). The molecule has 1 aromatic carbocycles. The van der Waals surface area contributed by atoms with Crippen LogP contribution in [0.3, 0.4) is 0 Å². The Morgan fingerprint density at radius 1 is 1.13 bits per heavy atom. The maximum Gasteiger partial charge on any atom is 0.279 e. The fourth-order valence-electron chi connectivity index (χ4n) is 1.86. The van der Waals surface area contributed by atoms with Crippen molar-refractivity contribution in [3.05, 3.63) is 44.6 Å². The van der Waals surface area contributed by atoms with Crippen LogP contribution in [0.2, 0.25) is 0 Å². The Balaban J connectivity index is 1.95. The zero-order valence-electron chi connectivity index (χ0n) is 12.5. The highest BCUT2D eigenvalue weighted by molar-refractivity contribution is 9.11. The first-order valence-corrected chi connectivity index (χ1v) is 8.20. The van der Waals surface area contributed by atoms with Crippen molar-refractivity contribution in [3.8, 4) is 11.5 Å². The summed E-state index contributed by atoms with van der Waals surface area (Å²) in [6.07, 6.45) is 0.0504. The number of carbonyl (C=O) groups excluding carboxylic acids is 2. The number of rotatable bonds is 5. The van der Waals surface area contributed by atoms with Crippen molar-refractivity contribution >= 4 is 39.1 Å². The van der Waals surface area contributed by atoms with Crippen molar-refractivity contribution in [1.82, 2.24) is 10.9 Å². The molecule has 0 spiro atoms. The summed E-state index contributed by atoms with van der Waals surface area (Å²) in [5.41, 5.74) is 5.43. The van der Waals surface area contributed by atoms with Gasteiger partial charge in [-0.3, -0.25) is 20.4 Å². The van der Waals surface area contributed by atoms with Gasteiger partial charge in [-0.25, -0.2) is 0 Å².